The van der Waals surface area contributed by atoms with E-state index in [1.807, 2.05) is 0 Å². The van der Waals surface area contributed by atoms with Crippen LogP contribution < -0.4 is 0 Å². The van der Waals surface area contributed by atoms with Crippen LogP contribution in [0.1, 0.15) is 47.0 Å². The Morgan fingerprint density at radius 1 is 1.25 bits per heavy atom. The van der Waals surface area contributed by atoms with E-state index in [2.05, 4.69) is 27.7 Å². The second-order valence-electron chi connectivity index (χ2n) is 7.64. The molecule has 1 heterocycles. The highest BCUT2D eigenvalue weighted by Crippen LogP contribution is 2.78. The highest BCUT2D eigenvalue weighted by Gasteiger charge is 2.79. The van der Waals surface area contributed by atoms with Gasteiger partial charge >= 0.3 is 0 Å². The monoisotopic (exact) mass is 220 g/mol. The molecule has 1 aliphatic heterocycles. The van der Waals surface area contributed by atoms with Crippen LogP contribution in [0.25, 0.3) is 0 Å². The summed E-state index contributed by atoms with van der Waals surface area (Å²) in [7, 11) is 0. The second kappa shape index (κ2) is 2.53. The van der Waals surface area contributed by atoms with Gasteiger partial charge in [0.05, 0.1) is 11.7 Å². The third-order valence-electron chi connectivity index (χ3n) is 6.84. The SMILES string of the molecule is CC(C)[C@@H]1CC[C@@]2(C)[C@H]3[C@@H]1[C@@H]2CC1O[C@@]13C. The Hall–Kier alpha value is -0.0400. The molecule has 5 aliphatic rings. The fraction of sp³-hybridized carbons (Fsp3) is 1.00. The van der Waals surface area contributed by atoms with Crippen molar-refractivity contribution in [2.75, 3.05) is 0 Å². The van der Waals surface area contributed by atoms with Crippen LogP contribution in [0.4, 0.5) is 0 Å². The predicted octanol–water partition coefficient (Wildman–Crippen LogP) is 3.48. The van der Waals surface area contributed by atoms with Crippen molar-refractivity contribution in [2.24, 2.45) is 35.0 Å². The Labute approximate surface area is 98.9 Å². The Morgan fingerprint density at radius 3 is 2.62 bits per heavy atom. The minimum Gasteiger partial charge on any atom is -0.366 e. The number of hydrogen-bond acceptors (Lipinski definition) is 1. The molecule has 5 rings (SSSR count). The van der Waals surface area contributed by atoms with Crippen LogP contribution in [-0.2, 0) is 4.74 Å². The quantitative estimate of drug-likeness (QED) is 0.616. The maximum Gasteiger partial charge on any atom is 0.0956 e. The fourth-order valence-electron chi connectivity index (χ4n) is 6.08. The summed E-state index contributed by atoms with van der Waals surface area (Å²) in [6, 6.07) is 0. The smallest absolute Gasteiger partial charge is 0.0956 e. The minimum absolute atomic E-state index is 0.293. The first-order valence-corrected chi connectivity index (χ1v) is 7.16. The molecular weight excluding hydrogens is 196 g/mol. The lowest BCUT2D eigenvalue weighted by Crippen LogP contribution is -2.69. The molecule has 1 heteroatoms. The van der Waals surface area contributed by atoms with Crippen molar-refractivity contribution in [3.63, 3.8) is 0 Å². The van der Waals surface area contributed by atoms with Crippen molar-refractivity contribution >= 4 is 0 Å². The van der Waals surface area contributed by atoms with Crippen molar-refractivity contribution in [2.45, 2.75) is 58.7 Å². The largest absolute Gasteiger partial charge is 0.366 e. The van der Waals surface area contributed by atoms with Crippen LogP contribution in [0.15, 0.2) is 0 Å². The van der Waals surface area contributed by atoms with Crippen LogP contribution in [0, 0.1) is 35.0 Å². The maximum absolute atomic E-state index is 6.05. The summed E-state index contributed by atoms with van der Waals surface area (Å²) in [6.07, 6.45) is 4.95. The van der Waals surface area contributed by atoms with Gasteiger partial charge < -0.3 is 4.74 Å². The Balaban J connectivity index is 1.73. The van der Waals surface area contributed by atoms with E-state index in [0.717, 1.165) is 29.6 Å². The Kier molecular flexibility index (Phi) is 1.57. The summed E-state index contributed by atoms with van der Waals surface area (Å²) in [5, 5.41) is 0. The lowest BCUT2D eigenvalue weighted by Gasteiger charge is -2.71. The van der Waals surface area contributed by atoms with Crippen LogP contribution in [0.2, 0.25) is 0 Å². The van der Waals surface area contributed by atoms with Crippen molar-refractivity contribution in [3.8, 4) is 0 Å². The standard InChI is InChI=1S/C15H24O/c1-8(2)9-5-6-14(3)10-7-11-15(4,16-11)13(14)12(9)10/h8-13H,5-7H2,1-4H3/t9-,10-,11?,12-,13+,14+,15-/m0/s1. The topological polar surface area (TPSA) is 12.5 Å². The summed E-state index contributed by atoms with van der Waals surface area (Å²) >= 11 is 0. The molecule has 0 radical (unpaired) electrons. The zero-order valence-corrected chi connectivity index (χ0v) is 11.0. The summed E-state index contributed by atoms with van der Waals surface area (Å²) in [5.74, 6) is 4.75. The number of hydrogen-bond donors (Lipinski definition) is 0. The fourth-order valence-corrected chi connectivity index (χ4v) is 6.08. The molecule has 0 spiro atoms. The van der Waals surface area contributed by atoms with Gasteiger partial charge in [0.2, 0.25) is 0 Å². The zero-order chi connectivity index (χ0) is 11.3. The molecule has 0 aromatic heterocycles. The molecule has 4 aliphatic carbocycles. The second-order valence-corrected chi connectivity index (χ2v) is 7.64. The first kappa shape index (κ1) is 9.94. The lowest BCUT2D eigenvalue weighted by atomic mass is 9.32. The number of fused-ring (bicyclic) bond motifs is 3. The van der Waals surface area contributed by atoms with Gasteiger partial charge in [-0.1, -0.05) is 20.8 Å². The summed E-state index contributed by atoms with van der Waals surface area (Å²) in [4.78, 5) is 0. The van der Waals surface area contributed by atoms with Gasteiger partial charge in [-0.15, -0.1) is 0 Å². The van der Waals surface area contributed by atoms with Crippen LogP contribution in [-0.4, -0.2) is 11.7 Å². The molecule has 1 unspecified atom stereocenters. The van der Waals surface area contributed by atoms with Gasteiger partial charge in [-0.3, -0.25) is 0 Å². The van der Waals surface area contributed by atoms with E-state index < -0.39 is 0 Å². The average molecular weight is 220 g/mol. The number of rotatable bonds is 1. The van der Waals surface area contributed by atoms with Gasteiger partial charge in [0.15, 0.2) is 0 Å². The molecule has 1 saturated heterocycles. The number of epoxide rings is 1. The summed E-state index contributed by atoms with van der Waals surface area (Å²) in [5.41, 5.74) is 0.944. The maximum atomic E-state index is 6.05. The molecular formula is C15H24O. The Bertz CT molecular complexity index is 349. The number of ether oxygens (including phenoxy) is 1. The van der Waals surface area contributed by atoms with Gasteiger partial charge in [-0.25, -0.2) is 0 Å². The first-order chi connectivity index (χ1) is 7.48. The third kappa shape index (κ3) is 0.836. The van der Waals surface area contributed by atoms with Crippen LogP contribution in [0.5, 0.6) is 0 Å². The van der Waals surface area contributed by atoms with Crippen molar-refractivity contribution in [3.05, 3.63) is 0 Å². The van der Waals surface area contributed by atoms with E-state index in [4.69, 9.17) is 4.74 Å². The zero-order valence-electron chi connectivity index (χ0n) is 11.0. The molecule has 0 amide bonds. The molecule has 16 heavy (non-hydrogen) atoms. The highest BCUT2D eigenvalue weighted by molar-refractivity contribution is 5.27. The van der Waals surface area contributed by atoms with Crippen LogP contribution in [0.3, 0.4) is 0 Å². The van der Waals surface area contributed by atoms with Crippen molar-refractivity contribution in [1.29, 1.82) is 0 Å². The van der Waals surface area contributed by atoms with Gasteiger partial charge in [0, 0.05) is 0 Å². The highest BCUT2D eigenvalue weighted by atomic mass is 16.6. The molecule has 5 fully saturated rings. The van der Waals surface area contributed by atoms with E-state index in [1.165, 1.54) is 19.3 Å². The van der Waals surface area contributed by atoms with Crippen molar-refractivity contribution < 1.29 is 4.74 Å². The van der Waals surface area contributed by atoms with E-state index in [0.29, 0.717) is 17.1 Å². The first-order valence-electron chi connectivity index (χ1n) is 7.16. The summed E-state index contributed by atoms with van der Waals surface area (Å²) in [6.45, 7) is 9.80. The molecule has 7 atom stereocenters. The molecule has 0 aromatic rings. The molecule has 4 bridgehead atoms. The minimum atomic E-state index is 0.293. The van der Waals surface area contributed by atoms with Crippen molar-refractivity contribution in [1.82, 2.24) is 0 Å². The molecule has 0 aromatic carbocycles. The van der Waals surface area contributed by atoms with Crippen LogP contribution >= 0.6 is 0 Å². The van der Waals surface area contributed by atoms with E-state index in [1.54, 1.807) is 0 Å². The van der Waals surface area contributed by atoms with Gasteiger partial charge in [0.1, 0.15) is 0 Å². The lowest BCUT2D eigenvalue weighted by molar-refractivity contribution is -0.227. The van der Waals surface area contributed by atoms with Gasteiger partial charge in [0.25, 0.3) is 0 Å². The van der Waals surface area contributed by atoms with Gasteiger partial charge in [-0.05, 0) is 61.2 Å². The van der Waals surface area contributed by atoms with E-state index in [9.17, 15) is 0 Å². The third-order valence-corrected chi connectivity index (χ3v) is 6.84. The molecule has 90 valence electrons. The Morgan fingerprint density at radius 2 is 2.00 bits per heavy atom. The molecule has 0 N–H and O–H groups in total. The average Bonchev–Trinajstić information content (AvgIpc) is 2.89. The van der Waals surface area contributed by atoms with Gasteiger partial charge in [-0.2, -0.15) is 0 Å². The molecule has 4 saturated carbocycles. The predicted molar refractivity (Wildman–Crippen MR) is 64.0 cm³/mol. The normalized spacial score (nSPS) is 66.2. The molecule has 1 nitrogen and oxygen atoms in total. The van der Waals surface area contributed by atoms with E-state index in [-0.39, 0.29) is 0 Å². The van der Waals surface area contributed by atoms with E-state index >= 15 is 0 Å². The summed E-state index contributed by atoms with van der Waals surface area (Å²) < 4.78 is 6.05.